The van der Waals surface area contributed by atoms with Gasteiger partial charge < -0.3 is 15.0 Å². The monoisotopic (exact) mass is 485 g/mol. The van der Waals surface area contributed by atoms with E-state index in [0.29, 0.717) is 48.2 Å². The molecule has 4 fully saturated rings. The minimum Gasteiger partial charge on any atom is -0.378 e. The lowest BCUT2D eigenvalue weighted by Gasteiger charge is -2.46. The largest absolute Gasteiger partial charge is 0.397 e. The van der Waals surface area contributed by atoms with E-state index in [2.05, 4.69) is 21.3 Å². The second kappa shape index (κ2) is 7.55. The van der Waals surface area contributed by atoms with Crippen LogP contribution in [0.15, 0.2) is 30.5 Å². The first-order valence-electron chi connectivity index (χ1n) is 11.9. The van der Waals surface area contributed by atoms with Gasteiger partial charge in [-0.25, -0.2) is 0 Å². The highest BCUT2D eigenvalue weighted by atomic mass is 19.4. The van der Waals surface area contributed by atoms with Gasteiger partial charge in [0.15, 0.2) is 0 Å². The van der Waals surface area contributed by atoms with Crippen LogP contribution in [0.3, 0.4) is 0 Å². The average molecular weight is 486 g/mol. The summed E-state index contributed by atoms with van der Waals surface area (Å²) in [6, 6.07) is 8.97. The van der Waals surface area contributed by atoms with Crippen molar-refractivity contribution in [2.24, 2.45) is 10.8 Å². The van der Waals surface area contributed by atoms with Crippen molar-refractivity contribution < 1.29 is 22.7 Å². The molecule has 1 amide bonds. The number of amides is 1. The van der Waals surface area contributed by atoms with Crippen molar-refractivity contribution in [1.82, 2.24) is 15.2 Å². The fraction of sp³-hybridized carbons (Fsp3) is 0.560. The fourth-order valence-corrected chi connectivity index (χ4v) is 6.65. The molecule has 2 aromatic rings. The number of likely N-dealkylation sites (N-methyl/N-ethyl adjacent to an activating group) is 1. The number of nitrogens with zero attached hydrogens (tertiary/aromatic N) is 4. The van der Waals surface area contributed by atoms with Crippen LogP contribution in [0.2, 0.25) is 0 Å². The molecule has 1 saturated carbocycles. The number of nitrogens with one attached hydrogen (secondary N) is 1. The van der Waals surface area contributed by atoms with Crippen LogP contribution in [0.1, 0.15) is 24.8 Å². The third-order valence-corrected chi connectivity index (χ3v) is 8.72. The lowest BCUT2D eigenvalue weighted by molar-refractivity contribution is -0.192. The summed E-state index contributed by atoms with van der Waals surface area (Å²) >= 11 is 0. The van der Waals surface area contributed by atoms with Crippen LogP contribution in [0.4, 0.5) is 18.9 Å². The van der Waals surface area contributed by atoms with Crippen molar-refractivity contribution in [1.29, 1.82) is 5.26 Å². The summed E-state index contributed by atoms with van der Waals surface area (Å²) in [6.07, 6.45) is -1.80. The minimum absolute atomic E-state index is 0.0170. The molecule has 4 heterocycles. The van der Waals surface area contributed by atoms with Gasteiger partial charge in [0.2, 0.25) is 5.91 Å². The number of carbonyl (C=O) groups is 1. The van der Waals surface area contributed by atoms with Gasteiger partial charge in [0.05, 0.1) is 29.7 Å². The van der Waals surface area contributed by atoms with Gasteiger partial charge in [-0.1, -0.05) is 0 Å². The Bertz CT molecular complexity index is 1230. The third kappa shape index (κ3) is 3.17. The van der Waals surface area contributed by atoms with Gasteiger partial charge in [-0.15, -0.1) is 0 Å². The molecule has 1 aromatic heterocycles. The van der Waals surface area contributed by atoms with Crippen molar-refractivity contribution >= 4 is 22.5 Å². The summed E-state index contributed by atoms with van der Waals surface area (Å²) in [5.74, 6) is -0.498. The fourth-order valence-electron chi connectivity index (χ4n) is 6.65. The SMILES string of the molecule is CN1C2COCC1CC(NC(=O)C13CN(c4ccc(C#N)c5ncccc45)CC1(C(F)(F)F)C3)C2. The Labute approximate surface area is 200 Å². The van der Waals surface area contributed by atoms with Crippen molar-refractivity contribution in [3.8, 4) is 6.07 Å². The van der Waals surface area contributed by atoms with E-state index >= 15 is 0 Å². The molecule has 4 unspecified atom stereocenters. The molecule has 0 spiro atoms. The Hall–Kier alpha value is -2.90. The smallest absolute Gasteiger partial charge is 0.378 e. The van der Waals surface area contributed by atoms with E-state index < -0.39 is 22.9 Å². The van der Waals surface area contributed by atoms with Crippen LogP contribution >= 0.6 is 0 Å². The maximum Gasteiger partial charge on any atom is 0.397 e. The zero-order chi connectivity index (χ0) is 24.6. The Morgan fingerprint density at radius 1 is 1.23 bits per heavy atom. The summed E-state index contributed by atoms with van der Waals surface area (Å²) in [5.41, 5.74) is -2.20. The number of benzene rings is 1. The summed E-state index contributed by atoms with van der Waals surface area (Å²) in [4.78, 5) is 21.7. The molecule has 35 heavy (non-hydrogen) atoms. The zero-order valence-corrected chi connectivity index (χ0v) is 19.3. The average Bonchev–Trinajstić information content (AvgIpc) is 3.36. The molecule has 0 radical (unpaired) electrons. The molecule has 1 aromatic carbocycles. The molecule has 2 bridgehead atoms. The Balaban J connectivity index is 1.30. The quantitative estimate of drug-likeness (QED) is 0.720. The third-order valence-electron chi connectivity index (χ3n) is 8.72. The second-order valence-electron chi connectivity index (χ2n) is 10.5. The van der Waals surface area contributed by atoms with E-state index in [9.17, 15) is 23.2 Å². The molecule has 1 N–H and O–H groups in total. The molecule has 7 nitrogen and oxygen atoms in total. The van der Waals surface area contributed by atoms with E-state index in [1.807, 2.05) is 7.05 Å². The molecule has 4 aliphatic rings. The van der Waals surface area contributed by atoms with Gasteiger partial charge >= 0.3 is 6.18 Å². The lowest BCUT2D eigenvalue weighted by atomic mass is 9.89. The van der Waals surface area contributed by atoms with E-state index in [1.54, 1.807) is 35.4 Å². The van der Waals surface area contributed by atoms with Crippen LogP contribution in [-0.4, -0.2) is 73.4 Å². The first kappa shape index (κ1) is 22.6. The van der Waals surface area contributed by atoms with Gasteiger partial charge in [-0.2, -0.15) is 18.4 Å². The highest BCUT2D eigenvalue weighted by Gasteiger charge is 2.86. The highest BCUT2D eigenvalue weighted by Crippen LogP contribution is 2.75. The number of rotatable bonds is 3. The van der Waals surface area contributed by atoms with Crippen molar-refractivity contribution in [3.05, 3.63) is 36.0 Å². The first-order chi connectivity index (χ1) is 16.7. The number of morpholine rings is 1. The summed E-state index contributed by atoms with van der Waals surface area (Å²) in [7, 11) is 2.04. The molecule has 6 rings (SSSR count). The van der Waals surface area contributed by atoms with Gasteiger partial charge in [0.1, 0.15) is 11.5 Å². The number of ether oxygens (including phenoxy) is 1. The number of hydrogen-bond donors (Lipinski definition) is 1. The van der Waals surface area contributed by atoms with Gasteiger partial charge in [0, 0.05) is 48.5 Å². The molecule has 1 aliphatic carbocycles. The summed E-state index contributed by atoms with van der Waals surface area (Å²) in [5, 5.41) is 13.0. The van der Waals surface area contributed by atoms with E-state index in [0.717, 1.165) is 0 Å². The normalized spacial score (nSPS) is 34.4. The number of halogens is 3. The molecule has 3 aliphatic heterocycles. The number of piperidine rings is 2. The summed E-state index contributed by atoms with van der Waals surface area (Å²) < 4.78 is 49.0. The van der Waals surface area contributed by atoms with Crippen molar-refractivity contribution in [3.63, 3.8) is 0 Å². The molecule has 4 atom stereocenters. The Morgan fingerprint density at radius 2 is 1.97 bits per heavy atom. The Morgan fingerprint density at radius 3 is 2.66 bits per heavy atom. The lowest BCUT2D eigenvalue weighted by Crippen LogP contribution is -2.60. The number of alkyl halides is 3. The molecular formula is C25H26F3N5O2. The van der Waals surface area contributed by atoms with Crippen molar-refractivity contribution in [2.45, 2.75) is 43.6 Å². The maximum absolute atomic E-state index is 14.4. The second-order valence-corrected chi connectivity index (χ2v) is 10.5. The van der Waals surface area contributed by atoms with Crippen LogP contribution in [-0.2, 0) is 9.53 Å². The van der Waals surface area contributed by atoms with Gasteiger partial charge in [-0.05, 0) is 50.6 Å². The Kier molecular flexibility index (Phi) is 4.86. The molecule has 3 saturated heterocycles. The number of carbonyl (C=O) groups excluding carboxylic acids is 1. The summed E-state index contributed by atoms with van der Waals surface area (Å²) in [6.45, 7) is 0.846. The topological polar surface area (TPSA) is 81.5 Å². The zero-order valence-electron chi connectivity index (χ0n) is 19.3. The van der Waals surface area contributed by atoms with Crippen LogP contribution in [0.5, 0.6) is 0 Å². The molecule has 184 valence electrons. The predicted molar refractivity (Wildman–Crippen MR) is 122 cm³/mol. The van der Waals surface area contributed by atoms with Crippen LogP contribution in [0, 0.1) is 22.2 Å². The number of fused-ring (bicyclic) bond motifs is 4. The maximum atomic E-state index is 14.4. The number of aromatic nitrogens is 1. The molecule has 10 heteroatoms. The van der Waals surface area contributed by atoms with Gasteiger partial charge in [0.25, 0.3) is 0 Å². The number of anilines is 1. The number of pyridine rings is 1. The van der Waals surface area contributed by atoms with E-state index in [-0.39, 0.29) is 37.6 Å². The number of hydrogen-bond acceptors (Lipinski definition) is 6. The first-order valence-corrected chi connectivity index (χ1v) is 11.9. The minimum atomic E-state index is -4.50. The standard InChI is InChI=1S/C25H26F3N5O2/c1-32-17-7-16(8-18(32)11-35-10-17)31-22(34)23-12-24(23,25(26,27)28)14-33(13-23)20-5-4-15(9-29)21-19(20)3-2-6-30-21/h2-6,16-18H,7-8,10-14H2,1H3,(H,31,34). The van der Waals surface area contributed by atoms with Crippen LogP contribution < -0.4 is 10.2 Å². The van der Waals surface area contributed by atoms with E-state index in [4.69, 9.17) is 4.74 Å². The number of nitriles is 1. The predicted octanol–water partition coefficient (Wildman–Crippen LogP) is 2.84. The highest BCUT2D eigenvalue weighted by molar-refractivity contribution is 5.97. The van der Waals surface area contributed by atoms with Crippen LogP contribution in [0.25, 0.3) is 10.9 Å². The molecular weight excluding hydrogens is 459 g/mol. The van der Waals surface area contributed by atoms with Gasteiger partial charge in [-0.3, -0.25) is 14.7 Å². The van der Waals surface area contributed by atoms with E-state index in [1.165, 1.54) is 0 Å². The van der Waals surface area contributed by atoms with Crippen molar-refractivity contribution in [2.75, 3.05) is 38.3 Å².